The van der Waals surface area contributed by atoms with E-state index < -0.39 is 6.09 Å². The standard InChI is InChI=1S/C30H42N4O5/c1-5-25-10-13-29(38-22-21-37-20-19-36-18-16-31-4)28(23-25)34-33-27-11-8-26(9-12-27)14-17-39-30(35)32-15-6-7-24(2)3/h8-13,23-24,31H,5,14-22H2,1-4H3,(H,32,35). The molecule has 0 aliphatic heterocycles. The molecular weight excluding hydrogens is 496 g/mol. The summed E-state index contributed by atoms with van der Waals surface area (Å²) in [5.74, 6) is 6.81. The van der Waals surface area contributed by atoms with Gasteiger partial charge < -0.3 is 29.6 Å². The van der Waals surface area contributed by atoms with Gasteiger partial charge in [-0.15, -0.1) is 5.11 Å². The third kappa shape index (κ3) is 14.3. The van der Waals surface area contributed by atoms with E-state index in [-0.39, 0.29) is 19.1 Å². The minimum atomic E-state index is -0.466. The molecule has 0 saturated carbocycles. The summed E-state index contributed by atoms with van der Waals surface area (Å²) in [5, 5.41) is 14.5. The number of hydrogen-bond acceptors (Lipinski definition) is 8. The molecule has 212 valence electrons. The number of hydrogen-bond donors (Lipinski definition) is 2. The number of carbonyl (C=O) groups is 1. The third-order valence-corrected chi connectivity index (χ3v) is 5.33. The van der Waals surface area contributed by atoms with Gasteiger partial charge in [-0.1, -0.05) is 50.8 Å². The molecule has 0 atom stereocenters. The van der Waals surface area contributed by atoms with E-state index >= 15 is 0 Å². The fourth-order valence-corrected chi connectivity index (χ4v) is 3.21. The van der Waals surface area contributed by atoms with Gasteiger partial charge in [-0.3, -0.25) is 0 Å². The molecule has 1 amide bonds. The number of rotatable bonds is 17. The summed E-state index contributed by atoms with van der Waals surface area (Å²) in [4.78, 5) is 11.7. The molecule has 0 aromatic heterocycles. The van der Waals surface area contributed by atoms with E-state index in [0.29, 0.717) is 50.9 Å². The van der Waals surface area contributed by atoms with Crippen LogP contribution in [0.2, 0.25) is 0 Å². The highest BCUT2D eigenvalue weighted by Crippen LogP contribution is 2.30. The molecule has 0 saturated heterocycles. The Hall–Kier alpha value is -3.45. The van der Waals surface area contributed by atoms with Crippen molar-refractivity contribution in [2.75, 3.05) is 59.8 Å². The number of nitrogens with zero attached hydrogens (tertiary/aromatic N) is 2. The average Bonchev–Trinajstić information content (AvgIpc) is 2.94. The number of carbonyl (C=O) groups excluding carboxylic acids is 1. The van der Waals surface area contributed by atoms with Gasteiger partial charge in [0.2, 0.25) is 0 Å². The maximum atomic E-state index is 11.7. The predicted molar refractivity (Wildman–Crippen MR) is 153 cm³/mol. The van der Waals surface area contributed by atoms with Crippen LogP contribution in [0.3, 0.4) is 0 Å². The van der Waals surface area contributed by atoms with E-state index in [4.69, 9.17) is 18.9 Å². The Morgan fingerprint density at radius 2 is 1.64 bits per heavy atom. The molecule has 0 spiro atoms. The number of azo groups is 1. The van der Waals surface area contributed by atoms with Gasteiger partial charge in [-0.05, 0) is 48.9 Å². The van der Waals surface area contributed by atoms with Crippen LogP contribution in [0.15, 0.2) is 52.7 Å². The molecule has 2 aromatic rings. The summed E-state index contributed by atoms with van der Waals surface area (Å²) in [7, 11) is 1.89. The van der Waals surface area contributed by atoms with Crippen molar-refractivity contribution < 1.29 is 23.7 Å². The molecule has 2 aromatic carbocycles. The highest BCUT2D eigenvalue weighted by atomic mass is 16.6. The summed E-state index contributed by atoms with van der Waals surface area (Å²) in [6.45, 7) is 10.1. The van der Waals surface area contributed by atoms with Gasteiger partial charge in [0.1, 0.15) is 18.0 Å². The van der Waals surface area contributed by atoms with Crippen LogP contribution in [0.4, 0.5) is 16.2 Å². The van der Waals surface area contributed by atoms with Gasteiger partial charge in [0.25, 0.3) is 0 Å². The number of alkyl carbamates (subject to hydrolysis) is 1. The summed E-state index contributed by atoms with van der Waals surface area (Å²) in [6, 6.07) is 13.6. The normalized spacial score (nSPS) is 10.9. The second-order valence-electron chi connectivity index (χ2n) is 8.91. The molecule has 0 unspecified atom stereocenters. The summed E-state index contributed by atoms with van der Waals surface area (Å²) >= 11 is 0. The molecule has 0 heterocycles. The molecule has 0 radical (unpaired) electrons. The highest BCUT2D eigenvalue weighted by molar-refractivity contribution is 5.67. The Morgan fingerprint density at radius 3 is 2.36 bits per heavy atom. The fraction of sp³-hybridized carbons (Fsp3) is 0.500. The van der Waals surface area contributed by atoms with Gasteiger partial charge in [0, 0.05) is 18.9 Å². The van der Waals surface area contributed by atoms with Crippen molar-refractivity contribution >= 4 is 17.5 Å². The van der Waals surface area contributed by atoms with Crippen molar-refractivity contribution in [1.82, 2.24) is 10.6 Å². The number of ether oxygens (including phenoxy) is 4. The quantitative estimate of drug-likeness (QED) is 0.163. The Balaban J connectivity index is 1.80. The van der Waals surface area contributed by atoms with Crippen LogP contribution in [0.25, 0.3) is 0 Å². The first-order chi connectivity index (χ1) is 19.0. The van der Waals surface area contributed by atoms with Gasteiger partial charge in [0.05, 0.1) is 45.3 Å². The largest absolute Gasteiger partial charge is 0.489 e. The van der Waals surface area contributed by atoms with Crippen molar-refractivity contribution in [3.63, 3.8) is 0 Å². The average molecular weight is 539 g/mol. The van der Waals surface area contributed by atoms with Crippen LogP contribution < -0.4 is 15.4 Å². The van der Waals surface area contributed by atoms with E-state index in [1.54, 1.807) is 0 Å². The van der Waals surface area contributed by atoms with E-state index in [1.165, 1.54) is 0 Å². The zero-order chi connectivity index (χ0) is 28.1. The molecule has 9 nitrogen and oxygen atoms in total. The Morgan fingerprint density at radius 1 is 0.923 bits per heavy atom. The van der Waals surface area contributed by atoms with Crippen molar-refractivity contribution in [2.24, 2.45) is 16.1 Å². The molecular formula is C30H42N4O5. The lowest BCUT2D eigenvalue weighted by Gasteiger charge is -2.10. The number of amides is 1. The lowest BCUT2D eigenvalue weighted by Crippen LogP contribution is -2.25. The minimum absolute atomic E-state index is 0.275. The Bertz CT molecular complexity index is 1060. The topological polar surface area (TPSA) is 103 Å². The maximum Gasteiger partial charge on any atom is 0.407 e. The first-order valence-electron chi connectivity index (χ1n) is 13.5. The second kappa shape index (κ2) is 19.6. The molecule has 2 N–H and O–H groups in total. The van der Waals surface area contributed by atoms with Crippen LogP contribution >= 0.6 is 0 Å². The van der Waals surface area contributed by atoms with Crippen LogP contribution in [-0.2, 0) is 27.1 Å². The zero-order valence-electron chi connectivity index (χ0n) is 23.6. The molecule has 2 rings (SSSR count). The number of aryl methyl sites for hydroxylation is 1. The van der Waals surface area contributed by atoms with E-state index in [0.717, 1.165) is 29.8 Å². The lowest BCUT2D eigenvalue weighted by molar-refractivity contribution is 0.0377. The van der Waals surface area contributed by atoms with Crippen LogP contribution in [0.5, 0.6) is 5.75 Å². The molecule has 0 aliphatic rings. The Kier molecular flexibility index (Phi) is 16.0. The van der Waals surface area contributed by atoms with Gasteiger partial charge in [-0.25, -0.2) is 4.79 Å². The summed E-state index contributed by atoms with van der Waals surface area (Å²) in [5.41, 5.74) is 3.57. The highest BCUT2D eigenvalue weighted by Gasteiger charge is 2.06. The smallest absolute Gasteiger partial charge is 0.407 e. The lowest BCUT2D eigenvalue weighted by atomic mass is 10.1. The second-order valence-corrected chi connectivity index (χ2v) is 8.91. The van der Waals surface area contributed by atoms with Crippen LogP contribution in [-0.4, -0.2) is 65.9 Å². The number of nitrogens with one attached hydrogen (secondary N) is 2. The van der Waals surface area contributed by atoms with Gasteiger partial charge in [0.15, 0.2) is 0 Å². The van der Waals surface area contributed by atoms with E-state index in [2.05, 4.69) is 39.6 Å². The van der Waals surface area contributed by atoms with Crippen molar-refractivity contribution in [3.05, 3.63) is 53.6 Å². The molecule has 0 aliphatic carbocycles. The van der Waals surface area contributed by atoms with Gasteiger partial charge in [-0.2, -0.15) is 5.11 Å². The number of benzene rings is 2. The Labute approximate surface area is 232 Å². The van der Waals surface area contributed by atoms with Crippen molar-refractivity contribution in [2.45, 2.75) is 33.6 Å². The minimum Gasteiger partial charge on any atom is -0.489 e. The van der Waals surface area contributed by atoms with E-state index in [1.807, 2.05) is 63.4 Å². The fourth-order valence-electron chi connectivity index (χ4n) is 3.21. The van der Waals surface area contributed by atoms with Crippen LogP contribution in [0, 0.1) is 17.8 Å². The maximum absolute atomic E-state index is 11.7. The molecule has 39 heavy (non-hydrogen) atoms. The molecule has 0 bridgehead atoms. The summed E-state index contributed by atoms with van der Waals surface area (Å²) in [6.07, 6.45) is 1.02. The predicted octanol–water partition coefficient (Wildman–Crippen LogP) is 5.22. The third-order valence-electron chi connectivity index (χ3n) is 5.33. The molecule has 9 heteroatoms. The van der Waals surface area contributed by atoms with Gasteiger partial charge >= 0.3 is 6.09 Å². The first kappa shape index (κ1) is 31.8. The first-order valence-corrected chi connectivity index (χ1v) is 13.5. The number of likely N-dealkylation sites (N-methyl/N-ethyl adjacent to an activating group) is 1. The SMILES string of the molecule is CCc1ccc(OCCOCCOCCNC)c(N=Nc2ccc(CCOC(=O)NCC#CC(C)C)cc2)c1. The van der Waals surface area contributed by atoms with Crippen molar-refractivity contribution in [3.8, 4) is 17.6 Å². The molecule has 0 fully saturated rings. The summed E-state index contributed by atoms with van der Waals surface area (Å²) < 4.78 is 22.1. The monoisotopic (exact) mass is 538 g/mol. The zero-order valence-corrected chi connectivity index (χ0v) is 23.6. The van der Waals surface area contributed by atoms with E-state index in [9.17, 15) is 4.79 Å². The van der Waals surface area contributed by atoms with Crippen molar-refractivity contribution in [1.29, 1.82) is 0 Å². The van der Waals surface area contributed by atoms with Crippen LogP contribution in [0.1, 0.15) is 31.9 Å².